The van der Waals surface area contributed by atoms with E-state index in [1.54, 1.807) is 18.9 Å². The number of hydrogen-bond donors (Lipinski definition) is 1. The smallest absolute Gasteiger partial charge is 0.124 e. The summed E-state index contributed by atoms with van der Waals surface area (Å²) in [5.41, 5.74) is 1.17. The number of nitrogens with one attached hydrogen (secondary N) is 1. The van der Waals surface area contributed by atoms with Crippen LogP contribution in [-0.4, -0.2) is 14.2 Å². The molecule has 2 aromatic carbocycles. The average Bonchev–Trinajstić information content (AvgIpc) is 2.46. The molecule has 1 unspecified atom stereocenters. The fourth-order valence-electron chi connectivity index (χ4n) is 2.02. The Morgan fingerprint density at radius 1 is 1.20 bits per heavy atom. The lowest BCUT2D eigenvalue weighted by molar-refractivity contribution is 0.401. The van der Waals surface area contributed by atoms with Gasteiger partial charge in [0.15, 0.2) is 0 Å². The van der Waals surface area contributed by atoms with Crippen molar-refractivity contribution in [2.45, 2.75) is 22.8 Å². The highest BCUT2D eigenvalue weighted by atomic mass is 35.5. The van der Waals surface area contributed by atoms with Crippen molar-refractivity contribution < 1.29 is 4.74 Å². The predicted molar refractivity (Wildman–Crippen MR) is 86.0 cm³/mol. The lowest BCUT2D eigenvalue weighted by Gasteiger charge is -2.19. The standard InChI is InChI=1S/C16H18ClNOS/c1-11(18-2)16-14(19-3)8-5-9-15(16)20-13-7-4-6-12(17)10-13/h4-11,18H,1-3H3. The van der Waals surface area contributed by atoms with E-state index in [1.165, 1.54) is 10.5 Å². The van der Waals surface area contributed by atoms with E-state index < -0.39 is 0 Å². The fraction of sp³-hybridized carbons (Fsp3) is 0.250. The number of methoxy groups -OCH3 is 1. The van der Waals surface area contributed by atoms with Crippen LogP contribution in [0.5, 0.6) is 5.75 Å². The van der Waals surface area contributed by atoms with Crippen LogP contribution in [0.1, 0.15) is 18.5 Å². The van der Waals surface area contributed by atoms with E-state index >= 15 is 0 Å². The van der Waals surface area contributed by atoms with Gasteiger partial charge in [-0.05, 0) is 44.3 Å². The summed E-state index contributed by atoms with van der Waals surface area (Å²) in [5.74, 6) is 0.902. The van der Waals surface area contributed by atoms with Crippen molar-refractivity contribution in [1.29, 1.82) is 0 Å². The maximum atomic E-state index is 6.05. The number of ether oxygens (including phenoxy) is 1. The highest BCUT2D eigenvalue weighted by Gasteiger charge is 2.15. The molecule has 0 saturated heterocycles. The summed E-state index contributed by atoms with van der Waals surface area (Å²) < 4.78 is 5.49. The monoisotopic (exact) mass is 307 g/mol. The molecule has 4 heteroatoms. The SMILES string of the molecule is CNC(C)c1c(OC)cccc1Sc1cccc(Cl)c1. The maximum Gasteiger partial charge on any atom is 0.124 e. The Morgan fingerprint density at radius 2 is 1.95 bits per heavy atom. The third-order valence-corrected chi connectivity index (χ3v) is 4.44. The van der Waals surface area contributed by atoms with Crippen LogP contribution in [0.15, 0.2) is 52.3 Å². The van der Waals surface area contributed by atoms with E-state index in [0.29, 0.717) is 0 Å². The maximum absolute atomic E-state index is 6.05. The van der Waals surface area contributed by atoms with Crippen LogP contribution in [0.4, 0.5) is 0 Å². The number of rotatable bonds is 5. The minimum Gasteiger partial charge on any atom is -0.496 e. The summed E-state index contributed by atoms with van der Waals surface area (Å²) in [6, 6.07) is 14.2. The van der Waals surface area contributed by atoms with Gasteiger partial charge in [-0.25, -0.2) is 0 Å². The summed E-state index contributed by atoms with van der Waals surface area (Å²) in [7, 11) is 3.65. The Bertz CT molecular complexity index is 588. The van der Waals surface area contributed by atoms with Crippen LogP contribution in [0, 0.1) is 0 Å². The van der Waals surface area contributed by atoms with Crippen LogP contribution in [0.3, 0.4) is 0 Å². The second-order valence-corrected chi connectivity index (χ2v) is 5.99. The first kappa shape index (κ1) is 15.2. The Labute approximate surface area is 129 Å². The van der Waals surface area contributed by atoms with E-state index in [4.69, 9.17) is 16.3 Å². The number of hydrogen-bond acceptors (Lipinski definition) is 3. The molecule has 0 aliphatic rings. The highest BCUT2D eigenvalue weighted by Crippen LogP contribution is 2.38. The van der Waals surface area contributed by atoms with Crippen LogP contribution < -0.4 is 10.1 Å². The Balaban J connectivity index is 2.40. The van der Waals surface area contributed by atoms with Crippen LogP contribution >= 0.6 is 23.4 Å². The van der Waals surface area contributed by atoms with Crippen molar-refractivity contribution in [2.24, 2.45) is 0 Å². The van der Waals surface area contributed by atoms with E-state index in [0.717, 1.165) is 15.7 Å². The third kappa shape index (κ3) is 3.48. The zero-order chi connectivity index (χ0) is 14.5. The molecule has 0 amide bonds. The normalized spacial score (nSPS) is 12.2. The van der Waals surface area contributed by atoms with Crippen LogP contribution in [-0.2, 0) is 0 Å². The second-order valence-electron chi connectivity index (χ2n) is 4.44. The molecule has 1 atom stereocenters. The Kier molecular flexibility index (Phi) is 5.35. The molecule has 0 heterocycles. The molecule has 0 bridgehead atoms. The molecule has 20 heavy (non-hydrogen) atoms. The summed E-state index contributed by atoms with van der Waals surface area (Å²) in [6.45, 7) is 2.12. The van der Waals surface area contributed by atoms with Gasteiger partial charge in [-0.15, -0.1) is 0 Å². The lowest BCUT2D eigenvalue weighted by atomic mass is 10.1. The van der Waals surface area contributed by atoms with Gasteiger partial charge in [-0.2, -0.15) is 0 Å². The van der Waals surface area contributed by atoms with Gasteiger partial charge in [-0.3, -0.25) is 0 Å². The van der Waals surface area contributed by atoms with Gasteiger partial charge in [0.1, 0.15) is 5.75 Å². The zero-order valence-electron chi connectivity index (χ0n) is 11.8. The average molecular weight is 308 g/mol. The largest absolute Gasteiger partial charge is 0.496 e. The van der Waals surface area contributed by atoms with Gasteiger partial charge in [0, 0.05) is 26.4 Å². The lowest BCUT2D eigenvalue weighted by Crippen LogP contribution is -2.14. The van der Waals surface area contributed by atoms with Gasteiger partial charge >= 0.3 is 0 Å². The first-order valence-electron chi connectivity index (χ1n) is 6.43. The Hall–Kier alpha value is -1.16. The summed E-state index contributed by atoms with van der Waals surface area (Å²) in [6.07, 6.45) is 0. The van der Waals surface area contributed by atoms with Crippen molar-refractivity contribution in [1.82, 2.24) is 5.32 Å². The minimum atomic E-state index is 0.216. The summed E-state index contributed by atoms with van der Waals surface area (Å²) in [4.78, 5) is 2.30. The molecule has 106 valence electrons. The van der Waals surface area contributed by atoms with Crippen molar-refractivity contribution in [3.8, 4) is 5.75 Å². The molecule has 0 aromatic heterocycles. The summed E-state index contributed by atoms with van der Waals surface area (Å²) in [5, 5.41) is 4.03. The molecule has 2 rings (SSSR count). The first-order chi connectivity index (χ1) is 9.65. The molecule has 0 aliphatic heterocycles. The molecule has 2 aromatic rings. The zero-order valence-corrected chi connectivity index (χ0v) is 13.4. The van der Waals surface area contributed by atoms with E-state index in [1.807, 2.05) is 37.4 Å². The second kappa shape index (κ2) is 7.02. The topological polar surface area (TPSA) is 21.3 Å². The van der Waals surface area contributed by atoms with E-state index in [2.05, 4.69) is 24.4 Å². The van der Waals surface area contributed by atoms with Gasteiger partial charge in [0.2, 0.25) is 0 Å². The number of benzene rings is 2. The molecule has 0 radical (unpaired) electrons. The molecule has 0 aliphatic carbocycles. The van der Waals surface area contributed by atoms with Gasteiger partial charge < -0.3 is 10.1 Å². The predicted octanol–water partition coefficient (Wildman–Crippen LogP) is 4.78. The molecule has 2 nitrogen and oxygen atoms in total. The molecule has 0 fully saturated rings. The van der Waals surface area contributed by atoms with Crippen LogP contribution in [0.25, 0.3) is 0 Å². The molecule has 0 spiro atoms. The van der Waals surface area contributed by atoms with Gasteiger partial charge in [0.25, 0.3) is 0 Å². The summed E-state index contributed by atoms with van der Waals surface area (Å²) >= 11 is 7.75. The molecular formula is C16H18ClNOS. The van der Waals surface area contributed by atoms with Gasteiger partial charge in [-0.1, -0.05) is 35.5 Å². The molecule has 0 saturated carbocycles. The quantitative estimate of drug-likeness (QED) is 0.859. The van der Waals surface area contributed by atoms with Gasteiger partial charge in [0.05, 0.1) is 7.11 Å². The van der Waals surface area contributed by atoms with Crippen molar-refractivity contribution in [3.63, 3.8) is 0 Å². The molecular weight excluding hydrogens is 290 g/mol. The van der Waals surface area contributed by atoms with E-state index in [-0.39, 0.29) is 6.04 Å². The number of halogens is 1. The van der Waals surface area contributed by atoms with Crippen molar-refractivity contribution >= 4 is 23.4 Å². The van der Waals surface area contributed by atoms with E-state index in [9.17, 15) is 0 Å². The molecule has 1 N–H and O–H groups in total. The Morgan fingerprint density at radius 3 is 2.60 bits per heavy atom. The van der Waals surface area contributed by atoms with Crippen molar-refractivity contribution in [3.05, 3.63) is 53.1 Å². The highest BCUT2D eigenvalue weighted by molar-refractivity contribution is 7.99. The van der Waals surface area contributed by atoms with Crippen molar-refractivity contribution in [2.75, 3.05) is 14.2 Å². The van der Waals surface area contributed by atoms with Crippen LogP contribution in [0.2, 0.25) is 5.02 Å². The minimum absolute atomic E-state index is 0.216. The third-order valence-electron chi connectivity index (χ3n) is 3.14. The first-order valence-corrected chi connectivity index (χ1v) is 7.62. The fourth-order valence-corrected chi connectivity index (χ4v) is 3.39.